The van der Waals surface area contributed by atoms with Crippen molar-refractivity contribution in [1.82, 2.24) is 9.99 Å². The van der Waals surface area contributed by atoms with E-state index < -0.39 is 0 Å². The summed E-state index contributed by atoms with van der Waals surface area (Å²) >= 11 is 1.33. The normalized spacial score (nSPS) is 10.3. The number of aryl methyl sites for hydroxylation is 1. The second-order valence-electron chi connectivity index (χ2n) is 3.83. The Balaban J connectivity index is 2.27. The van der Waals surface area contributed by atoms with Gasteiger partial charge in [-0.15, -0.1) is 11.3 Å². The molecule has 2 rings (SSSR count). The Labute approximate surface area is 108 Å². The van der Waals surface area contributed by atoms with Gasteiger partial charge in [-0.1, -0.05) is 6.07 Å². The molecule has 6 heteroatoms. The molecule has 2 aromatic rings. The van der Waals surface area contributed by atoms with Gasteiger partial charge in [0.05, 0.1) is 11.4 Å². The molecule has 0 aliphatic carbocycles. The number of nitrogens with zero attached hydrogens (tertiary/aromatic N) is 1. The van der Waals surface area contributed by atoms with Crippen LogP contribution in [0.4, 0.5) is 0 Å². The van der Waals surface area contributed by atoms with Crippen molar-refractivity contribution in [2.75, 3.05) is 0 Å². The van der Waals surface area contributed by atoms with Crippen molar-refractivity contribution < 1.29 is 4.79 Å². The van der Waals surface area contributed by atoms with Gasteiger partial charge in [0.1, 0.15) is 0 Å². The Kier molecular flexibility index (Phi) is 3.59. The highest BCUT2D eigenvalue weighted by Gasteiger charge is 2.08. The number of hydrazine groups is 1. The first-order valence-corrected chi connectivity index (χ1v) is 6.19. The van der Waals surface area contributed by atoms with Gasteiger partial charge in [-0.05, 0) is 25.1 Å². The summed E-state index contributed by atoms with van der Waals surface area (Å²) in [4.78, 5) is 24.5. The fraction of sp³-hybridized carbons (Fsp3) is 0.167. The summed E-state index contributed by atoms with van der Waals surface area (Å²) in [6.45, 7) is 2.34. The van der Waals surface area contributed by atoms with Gasteiger partial charge in [-0.25, -0.2) is 5.84 Å². The smallest absolute Gasteiger partial charge is 0.275 e. The highest BCUT2D eigenvalue weighted by atomic mass is 32.1. The molecule has 0 aliphatic rings. The van der Waals surface area contributed by atoms with Crippen molar-refractivity contribution in [3.05, 3.63) is 56.1 Å². The van der Waals surface area contributed by atoms with E-state index in [0.29, 0.717) is 11.4 Å². The van der Waals surface area contributed by atoms with Gasteiger partial charge < -0.3 is 4.57 Å². The summed E-state index contributed by atoms with van der Waals surface area (Å²) in [6.07, 6.45) is 0. The van der Waals surface area contributed by atoms with Crippen LogP contribution < -0.4 is 16.8 Å². The summed E-state index contributed by atoms with van der Waals surface area (Å²) in [5.74, 6) is 4.75. The lowest BCUT2D eigenvalue weighted by molar-refractivity contribution is 0.0957. The molecule has 2 heterocycles. The van der Waals surface area contributed by atoms with Gasteiger partial charge in [-0.2, -0.15) is 0 Å². The molecular weight excluding hydrogens is 250 g/mol. The van der Waals surface area contributed by atoms with Crippen molar-refractivity contribution in [2.24, 2.45) is 5.84 Å². The summed E-state index contributed by atoms with van der Waals surface area (Å²) in [5.41, 5.74) is 2.93. The fourth-order valence-electron chi connectivity index (χ4n) is 1.64. The molecule has 18 heavy (non-hydrogen) atoms. The minimum Gasteiger partial charge on any atom is -0.308 e. The predicted octanol–water partition coefficient (Wildman–Crippen LogP) is 0.870. The van der Waals surface area contributed by atoms with Crippen LogP contribution in [0.25, 0.3) is 0 Å². The molecular formula is C12H13N3O2S. The summed E-state index contributed by atoms with van der Waals surface area (Å²) < 4.78 is 1.66. The number of hydrogen-bond donors (Lipinski definition) is 2. The van der Waals surface area contributed by atoms with E-state index in [1.54, 1.807) is 16.7 Å². The molecule has 0 saturated heterocycles. The largest absolute Gasteiger partial charge is 0.308 e. The van der Waals surface area contributed by atoms with E-state index in [1.807, 2.05) is 19.1 Å². The van der Waals surface area contributed by atoms with E-state index in [4.69, 9.17) is 5.84 Å². The number of pyridine rings is 1. The minimum absolute atomic E-state index is 0.0479. The van der Waals surface area contributed by atoms with Crippen LogP contribution in [-0.2, 0) is 6.54 Å². The molecule has 0 fully saturated rings. The van der Waals surface area contributed by atoms with E-state index in [2.05, 4.69) is 5.43 Å². The standard InChI is InChI=1S/C12H13N3O2S/c1-8-3-2-4-11(16)15(8)7-9-5-6-10(18-9)12(17)14-13/h2-6H,7,13H2,1H3,(H,14,17). The van der Waals surface area contributed by atoms with Crippen LogP contribution in [-0.4, -0.2) is 10.5 Å². The molecule has 0 atom stereocenters. The van der Waals surface area contributed by atoms with E-state index in [0.717, 1.165) is 10.6 Å². The number of nitrogens with one attached hydrogen (secondary N) is 1. The Morgan fingerprint density at radius 2 is 2.17 bits per heavy atom. The topological polar surface area (TPSA) is 77.1 Å². The van der Waals surface area contributed by atoms with Crippen LogP contribution in [0.5, 0.6) is 0 Å². The number of carbonyl (C=O) groups is 1. The maximum absolute atomic E-state index is 11.7. The molecule has 0 spiro atoms. The summed E-state index contributed by atoms with van der Waals surface area (Å²) in [6, 6.07) is 8.66. The zero-order chi connectivity index (χ0) is 13.1. The predicted molar refractivity (Wildman–Crippen MR) is 70.5 cm³/mol. The van der Waals surface area contributed by atoms with Crippen LogP contribution >= 0.6 is 11.3 Å². The Morgan fingerprint density at radius 1 is 1.39 bits per heavy atom. The molecule has 5 nitrogen and oxygen atoms in total. The number of rotatable bonds is 3. The first-order chi connectivity index (χ1) is 8.61. The van der Waals surface area contributed by atoms with Crippen molar-refractivity contribution >= 4 is 17.2 Å². The van der Waals surface area contributed by atoms with E-state index in [9.17, 15) is 9.59 Å². The number of carbonyl (C=O) groups excluding carboxylic acids is 1. The molecule has 0 radical (unpaired) electrons. The lowest BCUT2D eigenvalue weighted by atomic mass is 10.3. The maximum Gasteiger partial charge on any atom is 0.275 e. The second kappa shape index (κ2) is 5.16. The number of amides is 1. The zero-order valence-corrected chi connectivity index (χ0v) is 10.7. The molecule has 1 amide bonds. The van der Waals surface area contributed by atoms with Gasteiger partial charge in [0, 0.05) is 16.6 Å². The third-order valence-electron chi connectivity index (χ3n) is 2.60. The van der Waals surface area contributed by atoms with Crippen LogP contribution in [0, 0.1) is 6.92 Å². The molecule has 2 aromatic heterocycles. The molecule has 0 saturated carbocycles. The van der Waals surface area contributed by atoms with Gasteiger partial charge in [0.2, 0.25) is 0 Å². The van der Waals surface area contributed by atoms with Crippen molar-refractivity contribution in [3.63, 3.8) is 0 Å². The van der Waals surface area contributed by atoms with Crippen molar-refractivity contribution in [3.8, 4) is 0 Å². The van der Waals surface area contributed by atoms with Gasteiger partial charge in [-0.3, -0.25) is 15.0 Å². The molecule has 94 valence electrons. The van der Waals surface area contributed by atoms with Crippen LogP contribution in [0.2, 0.25) is 0 Å². The maximum atomic E-state index is 11.7. The Morgan fingerprint density at radius 3 is 2.83 bits per heavy atom. The first kappa shape index (κ1) is 12.5. The number of nitrogen functional groups attached to an aromatic ring is 1. The lowest BCUT2D eigenvalue weighted by Gasteiger charge is -2.07. The molecule has 0 bridgehead atoms. The van der Waals surface area contributed by atoms with Gasteiger partial charge in [0.25, 0.3) is 11.5 Å². The third-order valence-corrected chi connectivity index (χ3v) is 3.67. The lowest BCUT2D eigenvalue weighted by Crippen LogP contribution is -2.29. The quantitative estimate of drug-likeness (QED) is 0.490. The SMILES string of the molecule is Cc1cccc(=O)n1Cc1ccc(C(=O)NN)s1. The molecule has 0 unspecified atom stereocenters. The number of aromatic nitrogens is 1. The van der Waals surface area contributed by atoms with Crippen LogP contribution in [0.15, 0.2) is 35.1 Å². The minimum atomic E-state index is -0.316. The van der Waals surface area contributed by atoms with Gasteiger partial charge in [0.15, 0.2) is 0 Å². The monoisotopic (exact) mass is 263 g/mol. The van der Waals surface area contributed by atoms with Crippen LogP contribution in [0.1, 0.15) is 20.2 Å². The van der Waals surface area contributed by atoms with Crippen molar-refractivity contribution in [2.45, 2.75) is 13.5 Å². The second-order valence-corrected chi connectivity index (χ2v) is 5.00. The van der Waals surface area contributed by atoms with E-state index in [-0.39, 0.29) is 11.5 Å². The highest BCUT2D eigenvalue weighted by Crippen LogP contribution is 2.17. The molecule has 3 N–H and O–H groups in total. The van der Waals surface area contributed by atoms with E-state index in [1.165, 1.54) is 17.4 Å². The Hall–Kier alpha value is -1.92. The summed E-state index contributed by atoms with van der Waals surface area (Å²) in [5, 5.41) is 0. The highest BCUT2D eigenvalue weighted by molar-refractivity contribution is 7.14. The fourth-order valence-corrected chi connectivity index (χ4v) is 2.54. The first-order valence-electron chi connectivity index (χ1n) is 5.38. The molecule has 0 aliphatic heterocycles. The number of hydrogen-bond acceptors (Lipinski definition) is 4. The molecule has 0 aromatic carbocycles. The van der Waals surface area contributed by atoms with Gasteiger partial charge >= 0.3 is 0 Å². The Bertz CT molecular complexity index is 630. The third kappa shape index (κ3) is 2.49. The van der Waals surface area contributed by atoms with E-state index >= 15 is 0 Å². The average Bonchev–Trinajstić information content (AvgIpc) is 2.81. The number of nitrogens with two attached hydrogens (primary N) is 1. The van der Waals surface area contributed by atoms with Crippen LogP contribution in [0.3, 0.4) is 0 Å². The average molecular weight is 263 g/mol. The summed E-state index contributed by atoms with van der Waals surface area (Å²) in [7, 11) is 0. The van der Waals surface area contributed by atoms with Crippen molar-refractivity contribution in [1.29, 1.82) is 0 Å². The number of thiophene rings is 1. The zero-order valence-electron chi connectivity index (χ0n) is 9.84.